The van der Waals surface area contributed by atoms with Gasteiger partial charge >= 0.3 is 0 Å². The van der Waals surface area contributed by atoms with E-state index in [9.17, 15) is 0 Å². The van der Waals surface area contributed by atoms with Gasteiger partial charge < -0.3 is 9.13 Å². The van der Waals surface area contributed by atoms with Crippen molar-refractivity contribution in [2.75, 3.05) is 0 Å². The summed E-state index contributed by atoms with van der Waals surface area (Å²) in [6.45, 7) is 4.74. The molecule has 0 atom stereocenters. The highest BCUT2D eigenvalue weighted by atomic mass is 15.2. The summed E-state index contributed by atoms with van der Waals surface area (Å²) in [7, 11) is 0. The lowest BCUT2D eigenvalue weighted by molar-refractivity contribution is 0.666. The fourth-order valence-electron chi connectivity index (χ4n) is 11.2. The standard InChI is InChI=1S/C62H42N6/c1-62(2)51-29-17-15-28-46(51)58-57(62)50-38-55-49(37-56(50)67(58)44-25-13-6-14-26-44)48-36-42(41-31-33-53-47(35-41)45-27-16-18-30-52(45)66(53)43-23-11-5-12-24-43)32-34-54(48)68(55)61-64-59(39-19-7-3-8-20-39)63-60(65-61)40-21-9-4-10-22-40/h3-38H,1-2H3. The van der Waals surface area contributed by atoms with Crippen molar-refractivity contribution >= 4 is 54.5 Å². The average Bonchev–Trinajstić information content (AvgIpc) is 4.09. The first kappa shape index (κ1) is 38.4. The van der Waals surface area contributed by atoms with Crippen LogP contribution in [-0.2, 0) is 5.41 Å². The van der Waals surface area contributed by atoms with E-state index in [2.05, 4.69) is 210 Å². The van der Waals surface area contributed by atoms with Crippen molar-refractivity contribution in [1.82, 2.24) is 28.7 Å². The van der Waals surface area contributed by atoms with E-state index in [0.29, 0.717) is 17.6 Å². The van der Waals surface area contributed by atoms with Crippen molar-refractivity contribution in [2.24, 2.45) is 0 Å². The minimum absolute atomic E-state index is 0.252. The Bertz CT molecular complexity index is 4090. The van der Waals surface area contributed by atoms with Gasteiger partial charge in [0.2, 0.25) is 5.95 Å². The average molecular weight is 871 g/mol. The SMILES string of the molecule is CC1(C)c2ccccc2-c2c1c1cc3c(cc1n2-c1ccccc1)c1cc(-c2ccc4c(c2)c2ccccc2n4-c2ccccc2)ccc1n3-c1nc(-c2ccccc2)nc(-c2ccccc2)n1. The Morgan fingerprint density at radius 1 is 0.338 bits per heavy atom. The molecule has 0 fully saturated rings. The molecule has 4 heterocycles. The number of hydrogen-bond donors (Lipinski definition) is 0. The Kier molecular flexibility index (Phi) is 8.23. The van der Waals surface area contributed by atoms with Crippen molar-refractivity contribution in [3.63, 3.8) is 0 Å². The van der Waals surface area contributed by atoms with E-state index >= 15 is 0 Å². The Hall–Kier alpha value is -8.87. The molecule has 13 aromatic rings. The molecule has 0 spiro atoms. The number of aromatic nitrogens is 6. The summed E-state index contributed by atoms with van der Waals surface area (Å²) in [5, 5.41) is 5.90. The van der Waals surface area contributed by atoms with Crippen LogP contribution in [0.2, 0.25) is 0 Å². The van der Waals surface area contributed by atoms with E-state index in [1.54, 1.807) is 0 Å². The van der Waals surface area contributed by atoms with Crippen molar-refractivity contribution in [2.45, 2.75) is 19.3 Å². The van der Waals surface area contributed by atoms with Gasteiger partial charge in [-0.2, -0.15) is 9.97 Å². The Balaban J connectivity index is 1.08. The largest absolute Gasteiger partial charge is 0.309 e. The minimum Gasteiger partial charge on any atom is -0.309 e. The van der Waals surface area contributed by atoms with Gasteiger partial charge in [-0.1, -0.05) is 166 Å². The number of fused-ring (bicyclic) bond motifs is 11. The molecule has 0 N–H and O–H groups in total. The molecule has 0 aliphatic heterocycles. The third-order valence-electron chi connectivity index (χ3n) is 14.3. The fraction of sp³-hybridized carbons (Fsp3) is 0.0484. The molecule has 0 bridgehead atoms. The molecule has 0 saturated heterocycles. The molecule has 0 saturated carbocycles. The van der Waals surface area contributed by atoms with Crippen LogP contribution in [0.4, 0.5) is 0 Å². The van der Waals surface area contributed by atoms with Crippen LogP contribution in [-0.4, -0.2) is 28.7 Å². The lowest BCUT2D eigenvalue weighted by Crippen LogP contribution is -2.14. The van der Waals surface area contributed by atoms with E-state index in [-0.39, 0.29) is 5.41 Å². The Labute approximate surface area is 392 Å². The van der Waals surface area contributed by atoms with Crippen molar-refractivity contribution in [3.8, 4) is 62.5 Å². The molecule has 68 heavy (non-hydrogen) atoms. The summed E-state index contributed by atoms with van der Waals surface area (Å²) in [6.07, 6.45) is 0. The molecule has 1 aliphatic carbocycles. The molecule has 1 aliphatic rings. The quantitative estimate of drug-likeness (QED) is 0.167. The second kappa shape index (κ2) is 14.6. The highest BCUT2D eigenvalue weighted by Gasteiger charge is 2.41. The number of rotatable bonds is 6. The Morgan fingerprint density at radius 3 is 1.46 bits per heavy atom. The van der Waals surface area contributed by atoms with Crippen LogP contribution in [0.25, 0.3) is 117 Å². The van der Waals surface area contributed by atoms with Gasteiger partial charge in [0.1, 0.15) is 0 Å². The van der Waals surface area contributed by atoms with Crippen LogP contribution in [0, 0.1) is 0 Å². The summed E-state index contributed by atoms with van der Waals surface area (Å²) in [5.74, 6) is 1.82. The van der Waals surface area contributed by atoms with Crippen molar-refractivity contribution in [3.05, 3.63) is 230 Å². The lowest BCUT2D eigenvalue weighted by atomic mass is 9.81. The zero-order valence-corrected chi connectivity index (χ0v) is 37.5. The van der Waals surface area contributed by atoms with E-state index < -0.39 is 0 Å². The molecule has 6 heteroatoms. The Morgan fingerprint density at radius 2 is 0.809 bits per heavy atom. The van der Waals surface area contributed by atoms with Gasteiger partial charge in [0.25, 0.3) is 0 Å². The summed E-state index contributed by atoms with van der Waals surface area (Å²) < 4.78 is 7.13. The number of hydrogen-bond acceptors (Lipinski definition) is 3. The molecule has 9 aromatic carbocycles. The van der Waals surface area contributed by atoms with Crippen LogP contribution >= 0.6 is 0 Å². The van der Waals surface area contributed by atoms with E-state index in [1.165, 1.54) is 55.1 Å². The van der Waals surface area contributed by atoms with Crippen LogP contribution < -0.4 is 0 Å². The highest BCUT2D eigenvalue weighted by molar-refractivity contribution is 6.16. The molecule has 320 valence electrons. The topological polar surface area (TPSA) is 53.5 Å². The normalized spacial score (nSPS) is 13.0. The maximum atomic E-state index is 5.34. The fourth-order valence-corrected chi connectivity index (χ4v) is 11.2. The second-order valence-corrected chi connectivity index (χ2v) is 18.5. The van der Waals surface area contributed by atoms with Gasteiger partial charge in [-0.05, 0) is 89.0 Å². The third-order valence-corrected chi connectivity index (χ3v) is 14.3. The first-order valence-corrected chi connectivity index (χ1v) is 23.3. The predicted molar refractivity (Wildman–Crippen MR) is 279 cm³/mol. The smallest absolute Gasteiger partial charge is 0.238 e. The van der Waals surface area contributed by atoms with E-state index in [0.717, 1.165) is 55.4 Å². The summed E-state index contributed by atoms with van der Waals surface area (Å²) in [6, 6.07) is 78.2. The molecular weight excluding hydrogens is 829 g/mol. The van der Waals surface area contributed by atoms with Crippen LogP contribution in [0.1, 0.15) is 25.0 Å². The lowest BCUT2D eigenvalue weighted by Gasteiger charge is -2.21. The molecule has 14 rings (SSSR count). The van der Waals surface area contributed by atoms with Gasteiger partial charge in [0.15, 0.2) is 11.6 Å². The van der Waals surface area contributed by atoms with Crippen LogP contribution in [0.15, 0.2) is 218 Å². The predicted octanol–water partition coefficient (Wildman–Crippen LogP) is 15.3. The first-order valence-electron chi connectivity index (χ1n) is 23.3. The highest BCUT2D eigenvalue weighted by Crippen LogP contribution is 2.54. The molecule has 0 radical (unpaired) electrons. The molecule has 0 amide bonds. The van der Waals surface area contributed by atoms with Gasteiger partial charge in [-0.25, -0.2) is 4.98 Å². The maximum absolute atomic E-state index is 5.34. The summed E-state index contributed by atoms with van der Waals surface area (Å²) >= 11 is 0. The summed E-state index contributed by atoms with van der Waals surface area (Å²) in [4.78, 5) is 15.8. The van der Waals surface area contributed by atoms with Gasteiger partial charge in [0, 0.05) is 60.4 Å². The molecule has 0 unspecified atom stereocenters. The second-order valence-electron chi connectivity index (χ2n) is 18.5. The van der Waals surface area contributed by atoms with Crippen molar-refractivity contribution < 1.29 is 0 Å². The number of nitrogens with zero attached hydrogens (tertiary/aromatic N) is 6. The van der Waals surface area contributed by atoms with Gasteiger partial charge in [-0.3, -0.25) is 4.57 Å². The summed E-state index contributed by atoms with van der Waals surface area (Å²) in [5.41, 5.74) is 17.0. The van der Waals surface area contributed by atoms with Crippen LogP contribution in [0.3, 0.4) is 0 Å². The maximum Gasteiger partial charge on any atom is 0.238 e. The van der Waals surface area contributed by atoms with E-state index in [4.69, 9.17) is 15.0 Å². The monoisotopic (exact) mass is 870 g/mol. The number of benzene rings is 9. The zero-order valence-electron chi connectivity index (χ0n) is 37.5. The van der Waals surface area contributed by atoms with Crippen LogP contribution in [0.5, 0.6) is 0 Å². The minimum atomic E-state index is -0.252. The molecule has 6 nitrogen and oxygen atoms in total. The number of para-hydroxylation sites is 3. The van der Waals surface area contributed by atoms with Gasteiger partial charge in [0.05, 0.1) is 33.3 Å². The van der Waals surface area contributed by atoms with E-state index in [1.807, 2.05) is 36.4 Å². The van der Waals surface area contributed by atoms with Crippen molar-refractivity contribution in [1.29, 1.82) is 0 Å². The van der Waals surface area contributed by atoms with Gasteiger partial charge in [-0.15, -0.1) is 0 Å². The molecular formula is C62H42N6. The first-order chi connectivity index (χ1) is 33.5. The zero-order chi connectivity index (χ0) is 45.1. The third kappa shape index (κ3) is 5.61. The molecule has 4 aromatic heterocycles.